The summed E-state index contributed by atoms with van der Waals surface area (Å²) < 4.78 is 5.36. The summed E-state index contributed by atoms with van der Waals surface area (Å²) >= 11 is 0. The molecule has 1 fully saturated rings. The van der Waals surface area contributed by atoms with Crippen molar-refractivity contribution in [3.05, 3.63) is 0 Å². The average molecular weight is 298 g/mol. The smallest absolute Gasteiger partial charge is 0.309 e. The zero-order valence-electron chi connectivity index (χ0n) is 13.9. The van der Waals surface area contributed by atoms with Crippen molar-refractivity contribution in [2.75, 3.05) is 33.8 Å². The van der Waals surface area contributed by atoms with E-state index in [9.17, 15) is 9.59 Å². The first-order valence-electron chi connectivity index (χ1n) is 8.10. The van der Waals surface area contributed by atoms with E-state index in [1.54, 1.807) is 0 Å². The van der Waals surface area contributed by atoms with Gasteiger partial charge < -0.3 is 14.5 Å². The van der Waals surface area contributed by atoms with Gasteiger partial charge >= 0.3 is 5.97 Å². The molecule has 0 aromatic carbocycles. The van der Waals surface area contributed by atoms with E-state index >= 15 is 0 Å². The van der Waals surface area contributed by atoms with Gasteiger partial charge in [-0.3, -0.25) is 9.59 Å². The van der Waals surface area contributed by atoms with Gasteiger partial charge in [-0.1, -0.05) is 13.8 Å². The third kappa shape index (κ3) is 5.65. The van der Waals surface area contributed by atoms with Gasteiger partial charge in [0.1, 0.15) is 6.61 Å². The van der Waals surface area contributed by atoms with E-state index in [2.05, 4.69) is 6.92 Å². The van der Waals surface area contributed by atoms with Crippen LogP contribution in [-0.4, -0.2) is 61.5 Å². The first-order chi connectivity index (χ1) is 9.99. The predicted molar refractivity (Wildman–Crippen MR) is 82.9 cm³/mol. The lowest BCUT2D eigenvalue weighted by atomic mass is 9.95. The summed E-state index contributed by atoms with van der Waals surface area (Å²) in [5.74, 6) is 0.00707. The van der Waals surface area contributed by atoms with Gasteiger partial charge in [-0.15, -0.1) is 0 Å². The SMILES string of the molecule is CCC(CC(CC)N1CCCC1=O)C(=O)OCCN(C)C. The number of amides is 1. The Balaban J connectivity index is 2.50. The molecule has 5 nitrogen and oxygen atoms in total. The van der Waals surface area contributed by atoms with Gasteiger partial charge in [-0.2, -0.15) is 0 Å². The molecule has 1 heterocycles. The van der Waals surface area contributed by atoms with Crippen molar-refractivity contribution in [1.29, 1.82) is 0 Å². The summed E-state index contributed by atoms with van der Waals surface area (Å²) in [5.41, 5.74) is 0. The van der Waals surface area contributed by atoms with Gasteiger partial charge in [0.15, 0.2) is 0 Å². The maximum absolute atomic E-state index is 12.2. The van der Waals surface area contributed by atoms with Crippen LogP contribution in [0.5, 0.6) is 0 Å². The molecule has 0 bridgehead atoms. The number of carbonyl (C=O) groups is 2. The molecule has 21 heavy (non-hydrogen) atoms. The van der Waals surface area contributed by atoms with Gasteiger partial charge in [0.2, 0.25) is 5.91 Å². The lowest BCUT2D eigenvalue weighted by Gasteiger charge is -2.29. The molecule has 2 unspecified atom stereocenters. The van der Waals surface area contributed by atoms with Crippen LogP contribution in [0.15, 0.2) is 0 Å². The van der Waals surface area contributed by atoms with Crippen LogP contribution in [0.1, 0.15) is 46.0 Å². The Labute approximate surface area is 128 Å². The molecule has 0 saturated carbocycles. The topological polar surface area (TPSA) is 49.9 Å². The molecule has 5 heteroatoms. The van der Waals surface area contributed by atoms with Crippen molar-refractivity contribution in [3.8, 4) is 0 Å². The number of hydrogen-bond acceptors (Lipinski definition) is 4. The van der Waals surface area contributed by atoms with Crippen molar-refractivity contribution in [3.63, 3.8) is 0 Å². The molecule has 0 aromatic heterocycles. The van der Waals surface area contributed by atoms with E-state index in [-0.39, 0.29) is 23.8 Å². The van der Waals surface area contributed by atoms with Gasteiger partial charge in [-0.25, -0.2) is 0 Å². The number of carbonyl (C=O) groups excluding carboxylic acids is 2. The van der Waals surface area contributed by atoms with Crippen molar-refractivity contribution in [2.24, 2.45) is 5.92 Å². The van der Waals surface area contributed by atoms with E-state index in [0.29, 0.717) is 13.0 Å². The monoisotopic (exact) mass is 298 g/mol. The number of hydrogen-bond donors (Lipinski definition) is 0. The maximum atomic E-state index is 12.2. The Morgan fingerprint density at radius 2 is 2.05 bits per heavy atom. The highest BCUT2D eigenvalue weighted by Crippen LogP contribution is 2.23. The maximum Gasteiger partial charge on any atom is 0.309 e. The molecule has 122 valence electrons. The summed E-state index contributed by atoms with van der Waals surface area (Å²) in [6.45, 7) is 6.10. The van der Waals surface area contributed by atoms with E-state index in [1.807, 2.05) is 30.8 Å². The molecule has 1 aliphatic rings. The lowest BCUT2D eigenvalue weighted by Crippen LogP contribution is -2.38. The Morgan fingerprint density at radius 3 is 2.52 bits per heavy atom. The second-order valence-electron chi connectivity index (χ2n) is 6.06. The zero-order chi connectivity index (χ0) is 15.8. The number of rotatable bonds is 9. The van der Waals surface area contributed by atoms with Crippen molar-refractivity contribution < 1.29 is 14.3 Å². The minimum Gasteiger partial charge on any atom is -0.464 e. The second-order valence-corrected chi connectivity index (χ2v) is 6.06. The molecule has 0 spiro atoms. The Morgan fingerprint density at radius 1 is 1.33 bits per heavy atom. The fraction of sp³-hybridized carbons (Fsp3) is 0.875. The number of likely N-dealkylation sites (N-methyl/N-ethyl adjacent to an activating group) is 1. The van der Waals surface area contributed by atoms with Crippen LogP contribution in [0.3, 0.4) is 0 Å². The molecule has 0 aliphatic carbocycles. The minimum atomic E-state index is -0.121. The molecule has 0 aromatic rings. The Bertz CT molecular complexity index is 344. The molecule has 0 N–H and O–H groups in total. The Kier molecular flexibility index (Phi) is 7.72. The summed E-state index contributed by atoms with van der Waals surface area (Å²) in [4.78, 5) is 28.0. The van der Waals surface area contributed by atoms with Crippen molar-refractivity contribution in [1.82, 2.24) is 9.80 Å². The molecular weight excluding hydrogens is 268 g/mol. The summed E-state index contributed by atoms with van der Waals surface area (Å²) in [6.07, 6.45) is 3.98. The molecule has 0 radical (unpaired) electrons. The molecule has 2 atom stereocenters. The summed E-state index contributed by atoms with van der Waals surface area (Å²) in [7, 11) is 3.91. The summed E-state index contributed by atoms with van der Waals surface area (Å²) in [6, 6.07) is 0.173. The fourth-order valence-electron chi connectivity index (χ4n) is 2.77. The van der Waals surface area contributed by atoms with Crippen LogP contribution in [0.4, 0.5) is 0 Å². The first kappa shape index (κ1) is 18.0. The quantitative estimate of drug-likeness (QED) is 0.610. The van der Waals surface area contributed by atoms with Crippen LogP contribution in [0.25, 0.3) is 0 Å². The largest absolute Gasteiger partial charge is 0.464 e. The fourth-order valence-corrected chi connectivity index (χ4v) is 2.77. The summed E-state index contributed by atoms with van der Waals surface area (Å²) in [5, 5.41) is 0. The molecule has 1 rings (SSSR count). The Hall–Kier alpha value is -1.10. The van der Waals surface area contributed by atoms with Gasteiger partial charge in [0.25, 0.3) is 0 Å². The number of ether oxygens (including phenoxy) is 1. The third-order valence-corrected chi connectivity index (χ3v) is 4.19. The normalized spacial score (nSPS) is 18.1. The van der Waals surface area contributed by atoms with Crippen LogP contribution >= 0.6 is 0 Å². The number of likely N-dealkylation sites (tertiary alicyclic amines) is 1. The molecule has 1 saturated heterocycles. The first-order valence-corrected chi connectivity index (χ1v) is 8.10. The van der Waals surface area contributed by atoms with Crippen molar-refractivity contribution in [2.45, 2.75) is 52.0 Å². The van der Waals surface area contributed by atoms with Crippen LogP contribution < -0.4 is 0 Å². The van der Waals surface area contributed by atoms with E-state index in [0.717, 1.165) is 38.8 Å². The average Bonchev–Trinajstić information content (AvgIpc) is 2.86. The number of nitrogens with zero attached hydrogens (tertiary/aromatic N) is 2. The van der Waals surface area contributed by atoms with Crippen molar-refractivity contribution >= 4 is 11.9 Å². The van der Waals surface area contributed by atoms with Crippen LogP contribution in [-0.2, 0) is 14.3 Å². The van der Waals surface area contributed by atoms with Crippen LogP contribution in [0, 0.1) is 5.92 Å². The molecule has 1 aliphatic heterocycles. The highest BCUT2D eigenvalue weighted by atomic mass is 16.5. The van der Waals surface area contributed by atoms with E-state index in [1.165, 1.54) is 0 Å². The molecular formula is C16H30N2O3. The van der Waals surface area contributed by atoms with Crippen LogP contribution in [0.2, 0.25) is 0 Å². The highest BCUT2D eigenvalue weighted by molar-refractivity contribution is 5.78. The van der Waals surface area contributed by atoms with Gasteiger partial charge in [0, 0.05) is 25.6 Å². The van der Waals surface area contributed by atoms with E-state index in [4.69, 9.17) is 4.74 Å². The van der Waals surface area contributed by atoms with E-state index < -0.39 is 0 Å². The zero-order valence-corrected chi connectivity index (χ0v) is 13.9. The lowest BCUT2D eigenvalue weighted by molar-refractivity contribution is -0.150. The van der Waals surface area contributed by atoms with Gasteiger partial charge in [-0.05, 0) is 39.8 Å². The predicted octanol–water partition coefficient (Wildman–Crippen LogP) is 1.91. The second kappa shape index (κ2) is 9.03. The third-order valence-electron chi connectivity index (χ3n) is 4.19. The standard InChI is InChI=1S/C16H30N2O3/c1-5-13(16(20)21-11-10-17(3)4)12-14(6-2)18-9-7-8-15(18)19/h13-14H,5-12H2,1-4H3. The minimum absolute atomic E-state index is 0.106. The highest BCUT2D eigenvalue weighted by Gasteiger charge is 2.30. The van der Waals surface area contributed by atoms with Gasteiger partial charge in [0.05, 0.1) is 5.92 Å². The molecule has 1 amide bonds. The number of esters is 1.